The third-order valence-corrected chi connectivity index (χ3v) is 3.08. The number of nitrogens with one attached hydrogen (secondary N) is 1. The van der Waals surface area contributed by atoms with Crippen LogP contribution in [0.4, 0.5) is 0 Å². The van der Waals surface area contributed by atoms with E-state index in [1.54, 1.807) is 25.1 Å². The van der Waals surface area contributed by atoms with Crippen molar-refractivity contribution in [3.05, 3.63) is 29.3 Å². The van der Waals surface area contributed by atoms with Crippen molar-refractivity contribution in [3.8, 4) is 5.75 Å². The van der Waals surface area contributed by atoms with Gasteiger partial charge < -0.3 is 14.7 Å². The number of carboxylic acid groups (broad SMARTS) is 1. The van der Waals surface area contributed by atoms with Gasteiger partial charge in [-0.25, -0.2) is 0 Å². The highest BCUT2D eigenvalue weighted by Crippen LogP contribution is 2.30. The number of aliphatic carboxylic acids is 1. The third-order valence-electron chi connectivity index (χ3n) is 3.08. The minimum Gasteiger partial charge on any atom is -0.481 e. The van der Waals surface area contributed by atoms with Gasteiger partial charge in [0.1, 0.15) is 6.29 Å². The Morgan fingerprint density at radius 3 is 2.89 bits per heavy atom. The Morgan fingerprint density at radius 2 is 2.26 bits per heavy atom. The summed E-state index contributed by atoms with van der Waals surface area (Å²) in [5.74, 6) is -2.48. The van der Waals surface area contributed by atoms with Crippen molar-refractivity contribution < 1.29 is 24.3 Å². The first kappa shape index (κ1) is 13.1. The van der Waals surface area contributed by atoms with Gasteiger partial charge in [-0.05, 0) is 11.6 Å². The van der Waals surface area contributed by atoms with Gasteiger partial charge in [0, 0.05) is 11.5 Å². The van der Waals surface area contributed by atoms with Gasteiger partial charge in [0.05, 0.1) is 12.3 Å². The molecule has 2 atom stereocenters. The Kier molecular flexibility index (Phi) is 3.50. The molecule has 1 heterocycles. The molecule has 0 bridgehead atoms. The summed E-state index contributed by atoms with van der Waals surface area (Å²) in [6.07, 6.45) is 0.803. The molecule has 19 heavy (non-hydrogen) atoms. The zero-order chi connectivity index (χ0) is 14.0. The molecule has 6 heteroatoms. The molecular formula is C13H13NO5. The summed E-state index contributed by atoms with van der Waals surface area (Å²) in [4.78, 5) is 38.2. The largest absolute Gasteiger partial charge is 0.481 e. The van der Waals surface area contributed by atoms with Crippen molar-refractivity contribution in [2.24, 2.45) is 5.92 Å². The summed E-state index contributed by atoms with van der Waals surface area (Å²) < 4.78 is 0. The molecule has 1 aliphatic heterocycles. The van der Waals surface area contributed by atoms with Crippen LogP contribution in [-0.4, -0.2) is 23.3 Å². The predicted octanol–water partition coefficient (Wildman–Crippen LogP) is 0.656. The van der Waals surface area contributed by atoms with Gasteiger partial charge in [0.15, 0.2) is 5.75 Å². The number of hydrogen-bond acceptors (Lipinski definition) is 4. The normalized spacial score (nSPS) is 16.6. The fourth-order valence-corrected chi connectivity index (χ4v) is 2.08. The van der Waals surface area contributed by atoms with E-state index in [9.17, 15) is 19.5 Å². The molecule has 2 rings (SSSR count). The van der Waals surface area contributed by atoms with Crippen molar-refractivity contribution in [1.29, 1.82) is 0 Å². The van der Waals surface area contributed by atoms with Crippen molar-refractivity contribution in [2.45, 2.75) is 19.3 Å². The molecule has 1 aromatic carbocycles. The quantitative estimate of drug-likeness (QED) is 0.778. The van der Waals surface area contributed by atoms with Crippen molar-refractivity contribution in [3.63, 3.8) is 0 Å². The average Bonchev–Trinajstić information content (AvgIpc) is 2.38. The summed E-state index contributed by atoms with van der Waals surface area (Å²) in [5, 5.41) is 9.20. The second kappa shape index (κ2) is 5.09. The Hall–Kier alpha value is -2.37. The van der Waals surface area contributed by atoms with Crippen LogP contribution >= 0.6 is 0 Å². The van der Waals surface area contributed by atoms with Crippen molar-refractivity contribution >= 4 is 18.2 Å². The summed E-state index contributed by atoms with van der Waals surface area (Å²) in [6.45, 7) is 1.55. The smallest absolute Gasteiger partial charge is 0.311 e. The first-order valence-electron chi connectivity index (χ1n) is 5.79. The molecule has 6 nitrogen and oxygen atoms in total. The second-order valence-corrected chi connectivity index (χ2v) is 4.48. The van der Waals surface area contributed by atoms with E-state index in [2.05, 4.69) is 5.48 Å². The average molecular weight is 263 g/mol. The van der Waals surface area contributed by atoms with E-state index in [1.165, 1.54) is 0 Å². The minimum absolute atomic E-state index is 0.191. The Balaban J connectivity index is 2.37. The second-order valence-electron chi connectivity index (χ2n) is 4.48. The Morgan fingerprint density at radius 1 is 1.53 bits per heavy atom. The van der Waals surface area contributed by atoms with Gasteiger partial charge in [0.25, 0.3) is 5.91 Å². The maximum absolute atomic E-state index is 11.3. The van der Waals surface area contributed by atoms with Gasteiger partial charge in [-0.3, -0.25) is 9.59 Å². The highest BCUT2D eigenvalue weighted by molar-refractivity contribution is 5.82. The van der Waals surface area contributed by atoms with Crippen LogP contribution in [0, 0.1) is 5.92 Å². The number of carboxylic acids is 1. The lowest BCUT2D eigenvalue weighted by Gasteiger charge is -2.20. The number of carbonyl (C=O) groups is 3. The molecule has 0 saturated carbocycles. The molecule has 1 aromatic rings. The van der Waals surface area contributed by atoms with Crippen LogP contribution in [0.2, 0.25) is 0 Å². The lowest BCUT2D eigenvalue weighted by atomic mass is 9.87. The topological polar surface area (TPSA) is 92.7 Å². The number of hydrogen-bond donors (Lipinski definition) is 2. The monoisotopic (exact) mass is 263 g/mol. The molecule has 1 aliphatic rings. The number of amides is 1. The Labute approximate surface area is 109 Å². The molecule has 0 aromatic heterocycles. The standard InChI is InChI=1S/C13H13NO5/c1-7(6-15)12(13(17)18)9-3-2-8-5-11(16)14-19-10(8)4-9/h2-4,6-7,12H,5H2,1H3,(H,14,16)(H,17,18). The Bertz CT molecular complexity index is 540. The highest BCUT2D eigenvalue weighted by atomic mass is 16.7. The zero-order valence-corrected chi connectivity index (χ0v) is 10.3. The fourth-order valence-electron chi connectivity index (χ4n) is 2.08. The van der Waals surface area contributed by atoms with Crippen LogP contribution in [0.15, 0.2) is 18.2 Å². The van der Waals surface area contributed by atoms with E-state index in [-0.39, 0.29) is 12.3 Å². The lowest BCUT2D eigenvalue weighted by molar-refractivity contribution is -0.141. The van der Waals surface area contributed by atoms with E-state index < -0.39 is 17.8 Å². The van der Waals surface area contributed by atoms with Crippen LogP contribution in [-0.2, 0) is 20.8 Å². The molecule has 0 aliphatic carbocycles. The first-order chi connectivity index (χ1) is 9.02. The molecule has 0 fully saturated rings. The number of rotatable bonds is 4. The minimum atomic E-state index is -1.07. The van der Waals surface area contributed by atoms with Crippen molar-refractivity contribution in [2.75, 3.05) is 0 Å². The maximum Gasteiger partial charge on any atom is 0.311 e. The molecular weight excluding hydrogens is 250 g/mol. The van der Waals surface area contributed by atoms with E-state index in [0.29, 0.717) is 23.2 Å². The zero-order valence-electron chi connectivity index (χ0n) is 10.3. The van der Waals surface area contributed by atoms with E-state index in [4.69, 9.17) is 4.84 Å². The fraction of sp³-hybridized carbons (Fsp3) is 0.308. The SMILES string of the molecule is CC(C=O)C(C(=O)O)c1ccc2c(c1)ONC(=O)C2. The number of aldehydes is 1. The molecule has 2 N–H and O–H groups in total. The van der Waals surface area contributed by atoms with Crippen LogP contribution in [0.3, 0.4) is 0 Å². The third kappa shape index (κ3) is 2.57. The van der Waals surface area contributed by atoms with E-state index >= 15 is 0 Å². The van der Waals surface area contributed by atoms with E-state index in [1.807, 2.05) is 0 Å². The van der Waals surface area contributed by atoms with Crippen molar-refractivity contribution in [1.82, 2.24) is 5.48 Å². The molecule has 0 radical (unpaired) electrons. The van der Waals surface area contributed by atoms with Gasteiger partial charge in [-0.15, -0.1) is 0 Å². The predicted molar refractivity (Wildman–Crippen MR) is 64.5 cm³/mol. The highest BCUT2D eigenvalue weighted by Gasteiger charge is 2.28. The lowest BCUT2D eigenvalue weighted by Crippen LogP contribution is -2.33. The van der Waals surface area contributed by atoms with Gasteiger partial charge in [-0.1, -0.05) is 19.1 Å². The van der Waals surface area contributed by atoms with Crippen LogP contribution in [0.5, 0.6) is 5.75 Å². The number of fused-ring (bicyclic) bond motifs is 1. The van der Waals surface area contributed by atoms with Gasteiger partial charge in [-0.2, -0.15) is 5.48 Å². The number of hydroxylamine groups is 1. The molecule has 0 saturated heterocycles. The van der Waals surface area contributed by atoms with Crippen LogP contribution in [0.25, 0.3) is 0 Å². The number of benzene rings is 1. The summed E-state index contributed by atoms with van der Waals surface area (Å²) in [6, 6.07) is 4.81. The maximum atomic E-state index is 11.3. The summed E-state index contributed by atoms with van der Waals surface area (Å²) in [7, 11) is 0. The molecule has 100 valence electrons. The van der Waals surface area contributed by atoms with Gasteiger partial charge >= 0.3 is 5.97 Å². The molecule has 0 spiro atoms. The van der Waals surface area contributed by atoms with Crippen LogP contribution < -0.4 is 10.3 Å². The molecule has 2 unspecified atom stereocenters. The van der Waals surface area contributed by atoms with Crippen LogP contribution in [0.1, 0.15) is 24.0 Å². The molecule has 1 amide bonds. The summed E-state index contributed by atoms with van der Waals surface area (Å²) >= 11 is 0. The van der Waals surface area contributed by atoms with E-state index in [0.717, 1.165) is 0 Å². The first-order valence-corrected chi connectivity index (χ1v) is 5.79. The number of carbonyl (C=O) groups excluding carboxylic acids is 2. The van der Waals surface area contributed by atoms with Gasteiger partial charge in [0.2, 0.25) is 0 Å². The summed E-state index contributed by atoms with van der Waals surface area (Å²) in [5.41, 5.74) is 3.39.